The number of rotatable bonds is 4. The molecule has 0 fully saturated rings. The number of hydrogen-bond donors (Lipinski definition) is 4. The molecule has 0 atom stereocenters. The van der Waals surface area contributed by atoms with Gasteiger partial charge in [0.1, 0.15) is 11.6 Å². The van der Waals surface area contributed by atoms with Gasteiger partial charge in [-0.3, -0.25) is 0 Å². The number of esters is 1. The van der Waals surface area contributed by atoms with Gasteiger partial charge in [-0.2, -0.15) is 0 Å². The number of H-pyrrole nitrogens is 2. The van der Waals surface area contributed by atoms with Crippen molar-refractivity contribution >= 4 is 35.1 Å². The van der Waals surface area contributed by atoms with Crippen molar-refractivity contribution in [3.05, 3.63) is 80.6 Å². The third-order valence-electron chi connectivity index (χ3n) is 5.12. The van der Waals surface area contributed by atoms with Gasteiger partial charge in [0, 0.05) is 29.6 Å². The second kappa shape index (κ2) is 13.0. The van der Waals surface area contributed by atoms with Crippen LogP contribution >= 0.6 is 23.2 Å². The number of aromatic amines is 2. The Morgan fingerprint density at radius 2 is 1.19 bits per heavy atom. The number of imidazole rings is 2. The quantitative estimate of drug-likeness (QED) is 0.237. The second-order valence-corrected chi connectivity index (χ2v) is 8.59. The molecule has 0 aliphatic heterocycles. The number of nitrogens with one attached hydrogen (secondary N) is 2. The van der Waals surface area contributed by atoms with E-state index in [4.69, 9.17) is 38.2 Å². The molecule has 4 rings (SSSR count). The molecule has 0 amide bonds. The van der Waals surface area contributed by atoms with Crippen LogP contribution in [0, 0.1) is 27.7 Å². The number of aliphatic hydroxyl groups excluding tert-OH is 1. The monoisotopic (exact) mass is 546 g/mol. The SMILES string of the molecule is CO.COC(=O)c1ccc(Cl)c(-c2nc(C)[nH]c2C)c1.Cc1nc(-c2cc(C(=O)O)ccc2Cl)c(C)[nH]1. The Labute approximate surface area is 224 Å². The molecule has 0 aliphatic carbocycles. The van der Waals surface area contributed by atoms with Gasteiger partial charge in [0.2, 0.25) is 0 Å². The summed E-state index contributed by atoms with van der Waals surface area (Å²) in [6.07, 6.45) is 0. The van der Waals surface area contributed by atoms with Gasteiger partial charge >= 0.3 is 11.9 Å². The molecular formula is C26H28Cl2N4O5. The largest absolute Gasteiger partial charge is 0.478 e. The van der Waals surface area contributed by atoms with Crippen LogP contribution in [0.15, 0.2) is 36.4 Å². The van der Waals surface area contributed by atoms with Crippen molar-refractivity contribution in [1.29, 1.82) is 0 Å². The van der Waals surface area contributed by atoms with E-state index >= 15 is 0 Å². The minimum atomic E-state index is -0.979. The smallest absolute Gasteiger partial charge is 0.337 e. The normalized spacial score (nSPS) is 10.1. The topological polar surface area (TPSA) is 141 Å². The molecule has 0 aliphatic rings. The number of carbonyl (C=O) groups excluding carboxylic acids is 1. The molecule has 2 aromatic carbocycles. The molecule has 196 valence electrons. The number of hydrogen-bond acceptors (Lipinski definition) is 6. The lowest BCUT2D eigenvalue weighted by Gasteiger charge is -2.05. The Morgan fingerprint density at radius 1 is 0.784 bits per heavy atom. The van der Waals surface area contributed by atoms with E-state index in [0.717, 1.165) is 41.4 Å². The van der Waals surface area contributed by atoms with E-state index in [9.17, 15) is 9.59 Å². The van der Waals surface area contributed by atoms with Crippen LogP contribution in [0.3, 0.4) is 0 Å². The van der Waals surface area contributed by atoms with Gasteiger partial charge in [0.05, 0.1) is 39.7 Å². The molecule has 4 N–H and O–H groups in total. The molecular weight excluding hydrogens is 519 g/mol. The number of carboxylic acids is 1. The lowest BCUT2D eigenvalue weighted by Crippen LogP contribution is -2.01. The van der Waals surface area contributed by atoms with Gasteiger partial charge < -0.3 is 24.9 Å². The van der Waals surface area contributed by atoms with Gasteiger partial charge in [0.15, 0.2) is 0 Å². The number of halogens is 2. The van der Waals surface area contributed by atoms with E-state index < -0.39 is 11.9 Å². The highest BCUT2D eigenvalue weighted by molar-refractivity contribution is 6.33. The maximum absolute atomic E-state index is 11.5. The van der Waals surface area contributed by atoms with Gasteiger partial charge in [-0.25, -0.2) is 19.6 Å². The van der Waals surface area contributed by atoms with E-state index in [0.29, 0.717) is 26.9 Å². The number of aryl methyl sites for hydroxylation is 4. The zero-order valence-corrected chi connectivity index (χ0v) is 22.7. The molecule has 0 unspecified atom stereocenters. The third-order valence-corrected chi connectivity index (χ3v) is 5.78. The predicted octanol–water partition coefficient (Wildman–Crippen LogP) is 5.79. The Hall–Kier alpha value is -3.66. The summed E-state index contributed by atoms with van der Waals surface area (Å²) in [5.41, 5.74) is 5.23. The molecule has 0 spiro atoms. The molecule has 37 heavy (non-hydrogen) atoms. The summed E-state index contributed by atoms with van der Waals surface area (Å²) in [7, 11) is 2.35. The van der Waals surface area contributed by atoms with Crippen LogP contribution in [0.25, 0.3) is 22.5 Å². The fourth-order valence-electron chi connectivity index (χ4n) is 3.54. The Balaban J connectivity index is 0.000000244. The summed E-state index contributed by atoms with van der Waals surface area (Å²) >= 11 is 12.2. The number of nitrogens with zero attached hydrogens (tertiary/aromatic N) is 2. The van der Waals surface area contributed by atoms with E-state index in [2.05, 4.69) is 19.9 Å². The molecule has 9 nitrogen and oxygen atoms in total. The van der Waals surface area contributed by atoms with E-state index in [-0.39, 0.29) is 5.56 Å². The zero-order valence-electron chi connectivity index (χ0n) is 21.2. The number of methoxy groups -OCH3 is 1. The number of carbonyl (C=O) groups is 2. The van der Waals surface area contributed by atoms with Crippen LogP contribution < -0.4 is 0 Å². The van der Waals surface area contributed by atoms with Crippen molar-refractivity contribution in [1.82, 2.24) is 19.9 Å². The molecule has 2 aromatic heterocycles. The Kier molecular flexibility index (Phi) is 10.4. The van der Waals surface area contributed by atoms with Crippen molar-refractivity contribution in [2.24, 2.45) is 0 Å². The highest BCUT2D eigenvalue weighted by Gasteiger charge is 2.15. The summed E-state index contributed by atoms with van der Waals surface area (Å²) < 4.78 is 4.69. The Bertz CT molecular complexity index is 1410. The number of aromatic nitrogens is 4. The Morgan fingerprint density at radius 3 is 1.54 bits per heavy atom. The van der Waals surface area contributed by atoms with Crippen molar-refractivity contribution in [2.75, 3.05) is 14.2 Å². The molecule has 0 saturated carbocycles. The lowest BCUT2D eigenvalue weighted by atomic mass is 10.1. The first kappa shape index (κ1) is 29.6. The molecule has 11 heteroatoms. The van der Waals surface area contributed by atoms with E-state index in [1.807, 2.05) is 27.7 Å². The predicted molar refractivity (Wildman–Crippen MR) is 143 cm³/mol. The van der Waals surface area contributed by atoms with Gasteiger partial charge in [-0.15, -0.1) is 0 Å². The van der Waals surface area contributed by atoms with Crippen molar-refractivity contribution < 1.29 is 24.5 Å². The number of carboxylic acid groups (broad SMARTS) is 1. The first-order valence-corrected chi connectivity index (χ1v) is 11.7. The molecule has 4 aromatic rings. The molecule has 2 heterocycles. The van der Waals surface area contributed by atoms with Crippen LogP contribution in [-0.4, -0.2) is 56.3 Å². The molecule has 0 bridgehead atoms. The number of aliphatic hydroxyl groups is 1. The maximum Gasteiger partial charge on any atom is 0.337 e. The van der Waals surface area contributed by atoms with E-state index in [1.54, 1.807) is 24.3 Å². The fraction of sp³-hybridized carbons (Fsp3) is 0.231. The van der Waals surface area contributed by atoms with Crippen LogP contribution in [0.2, 0.25) is 10.0 Å². The average molecular weight is 547 g/mol. The molecule has 0 radical (unpaired) electrons. The lowest BCUT2D eigenvalue weighted by molar-refractivity contribution is 0.0600. The van der Waals surface area contributed by atoms with Crippen LogP contribution in [0.5, 0.6) is 0 Å². The van der Waals surface area contributed by atoms with E-state index in [1.165, 1.54) is 19.2 Å². The first-order valence-electron chi connectivity index (χ1n) is 10.9. The van der Waals surface area contributed by atoms with Crippen LogP contribution in [0.1, 0.15) is 43.8 Å². The summed E-state index contributed by atoms with van der Waals surface area (Å²) in [6.45, 7) is 7.50. The molecule has 0 saturated heterocycles. The standard InChI is InChI=1S/C13H13ClN2O2.C12H11ClN2O2.CH4O/c1-7-12(16-8(2)15-7)10-6-9(13(17)18-3)4-5-11(10)14;1-6-11(15-7(2)14-6)9-5-8(12(16)17)3-4-10(9)13;1-2/h4-6H,1-3H3,(H,15,16);3-5H,1-2H3,(H,14,15)(H,16,17);2H,1H3. The van der Waals surface area contributed by atoms with Gasteiger partial charge in [0.25, 0.3) is 0 Å². The first-order chi connectivity index (χ1) is 17.5. The summed E-state index contributed by atoms with van der Waals surface area (Å²) in [5.74, 6) is 0.210. The number of benzene rings is 2. The van der Waals surface area contributed by atoms with Gasteiger partial charge in [-0.05, 0) is 64.1 Å². The van der Waals surface area contributed by atoms with Crippen LogP contribution in [0.4, 0.5) is 0 Å². The highest BCUT2D eigenvalue weighted by atomic mass is 35.5. The van der Waals surface area contributed by atoms with Gasteiger partial charge in [-0.1, -0.05) is 23.2 Å². The summed E-state index contributed by atoms with van der Waals surface area (Å²) in [5, 5.41) is 17.0. The fourth-order valence-corrected chi connectivity index (χ4v) is 3.95. The highest BCUT2D eigenvalue weighted by Crippen LogP contribution is 2.31. The zero-order chi connectivity index (χ0) is 27.9. The second-order valence-electron chi connectivity index (χ2n) is 7.78. The van der Waals surface area contributed by atoms with Crippen molar-refractivity contribution in [3.63, 3.8) is 0 Å². The summed E-state index contributed by atoms with van der Waals surface area (Å²) in [6, 6.07) is 9.58. The van der Waals surface area contributed by atoms with Crippen molar-refractivity contribution in [2.45, 2.75) is 27.7 Å². The minimum absolute atomic E-state index is 0.199. The maximum atomic E-state index is 11.5. The number of ether oxygens (including phenoxy) is 1. The average Bonchev–Trinajstić information content (AvgIpc) is 3.39. The minimum Gasteiger partial charge on any atom is -0.478 e. The summed E-state index contributed by atoms with van der Waals surface area (Å²) in [4.78, 5) is 37.3. The van der Waals surface area contributed by atoms with Crippen molar-refractivity contribution in [3.8, 4) is 22.5 Å². The number of aromatic carboxylic acids is 1. The van der Waals surface area contributed by atoms with Crippen LogP contribution in [-0.2, 0) is 4.74 Å². The third kappa shape index (κ3) is 7.19.